The summed E-state index contributed by atoms with van der Waals surface area (Å²) in [5.74, 6) is 0.781. The van der Waals surface area contributed by atoms with E-state index in [4.69, 9.17) is 0 Å². The average Bonchev–Trinajstić information content (AvgIpc) is 2.66. The number of hydrogen-bond acceptors (Lipinski definition) is 3. The van der Waals surface area contributed by atoms with Crippen LogP contribution in [0.2, 0.25) is 0 Å². The normalized spacial score (nSPS) is 13.2. The second kappa shape index (κ2) is 10.1. The molecule has 0 aliphatic carbocycles. The van der Waals surface area contributed by atoms with Crippen LogP contribution in [0.3, 0.4) is 0 Å². The topological polar surface area (TPSA) is 70.6 Å². The van der Waals surface area contributed by atoms with E-state index in [1.54, 1.807) is 19.2 Å². The lowest BCUT2D eigenvalue weighted by Gasteiger charge is -2.18. The lowest BCUT2D eigenvalue weighted by Crippen LogP contribution is -2.43. The highest BCUT2D eigenvalue weighted by Gasteiger charge is 2.07. The molecule has 0 fully saturated rings. The fourth-order valence-electron chi connectivity index (χ4n) is 2.76. The van der Waals surface area contributed by atoms with Crippen molar-refractivity contribution in [3.05, 3.63) is 65.7 Å². The van der Waals surface area contributed by atoms with Crippen molar-refractivity contribution in [2.45, 2.75) is 37.1 Å². The number of sulfone groups is 1. The minimum Gasteiger partial charge on any atom is -0.356 e. The van der Waals surface area contributed by atoms with Gasteiger partial charge in [-0.15, -0.1) is 0 Å². The van der Waals surface area contributed by atoms with Gasteiger partial charge < -0.3 is 10.6 Å². The molecule has 1 atom stereocenters. The maximum Gasteiger partial charge on any atom is 0.191 e. The van der Waals surface area contributed by atoms with Gasteiger partial charge in [0, 0.05) is 25.9 Å². The van der Waals surface area contributed by atoms with E-state index in [0.717, 1.165) is 37.3 Å². The molecule has 2 aromatic rings. The number of hydrogen-bond donors (Lipinski definition) is 2. The second-order valence-electron chi connectivity index (χ2n) is 6.73. The van der Waals surface area contributed by atoms with Gasteiger partial charge in [-0.25, -0.2) is 8.42 Å². The van der Waals surface area contributed by atoms with Crippen LogP contribution in [-0.2, 0) is 22.7 Å². The molecule has 6 heteroatoms. The molecule has 2 N–H and O–H groups in total. The van der Waals surface area contributed by atoms with Gasteiger partial charge in [0.2, 0.25) is 0 Å². The van der Waals surface area contributed by atoms with Crippen LogP contribution in [0, 0.1) is 0 Å². The first-order valence-corrected chi connectivity index (χ1v) is 11.1. The van der Waals surface area contributed by atoms with Crippen LogP contribution in [0.15, 0.2) is 64.5 Å². The summed E-state index contributed by atoms with van der Waals surface area (Å²) in [5, 5.41) is 6.72. The smallest absolute Gasteiger partial charge is 0.191 e. The largest absolute Gasteiger partial charge is 0.356 e. The monoisotopic (exact) mass is 387 g/mol. The third-order valence-electron chi connectivity index (χ3n) is 4.37. The molecule has 0 aliphatic rings. The summed E-state index contributed by atoms with van der Waals surface area (Å²) in [6.45, 7) is 2.88. The SMILES string of the molecule is CN=C(NCCc1ccc(S(C)(=O)=O)cc1)NC(C)CCc1ccccc1. The van der Waals surface area contributed by atoms with Crippen LogP contribution < -0.4 is 10.6 Å². The maximum atomic E-state index is 11.5. The third kappa shape index (κ3) is 7.43. The fourth-order valence-corrected chi connectivity index (χ4v) is 3.39. The molecule has 27 heavy (non-hydrogen) atoms. The van der Waals surface area contributed by atoms with Crippen LogP contribution >= 0.6 is 0 Å². The van der Waals surface area contributed by atoms with E-state index in [9.17, 15) is 8.42 Å². The minimum atomic E-state index is -3.14. The molecule has 2 aromatic carbocycles. The minimum absolute atomic E-state index is 0.311. The molecule has 0 heterocycles. The first kappa shape index (κ1) is 21.0. The van der Waals surface area contributed by atoms with Crippen molar-refractivity contribution in [1.29, 1.82) is 0 Å². The van der Waals surface area contributed by atoms with Crippen molar-refractivity contribution < 1.29 is 8.42 Å². The number of guanidine groups is 1. The van der Waals surface area contributed by atoms with Crippen molar-refractivity contribution in [2.24, 2.45) is 4.99 Å². The predicted octanol–water partition coefficient (Wildman–Crippen LogP) is 2.82. The lowest BCUT2D eigenvalue weighted by atomic mass is 10.1. The van der Waals surface area contributed by atoms with E-state index in [1.165, 1.54) is 11.8 Å². The molecule has 2 rings (SSSR count). The van der Waals surface area contributed by atoms with Crippen molar-refractivity contribution in [1.82, 2.24) is 10.6 Å². The number of benzene rings is 2. The molecule has 0 aromatic heterocycles. The molecule has 0 radical (unpaired) electrons. The summed E-state index contributed by atoms with van der Waals surface area (Å²) in [6, 6.07) is 17.8. The van der Waals surface area contributed by atoms with E-state index in [0.29, 0.717) is 10.9 Å². The van der Waals surface area contributed by atoms with Crippen LogP contribution in [0.4, 0.5) is 0 Å². The standard InChI is InChI=1S/C21H29N3O2S/c1-17(9-10-18-7-5-4-6-8-18)24-21(22-2)23-16-15-19-11-13-20(14-12-19)27(3,25)26/h4-8,11-14,17H,9-10,15-16H2,1-3H3,(H2,22,23,24). The average molecular weight is 388 g/mol. The maximum absolute atomic E-state index is 11.5. The molecular formula is C21H29N3O2S. The fraction of sp³-hybridized carbons (Fsp3) is 0.381. The Morgan fingerprint density at radius 2 is 1.63 bits per heavy atom. The number of aryl methyl sites for hydroxylation is 1. The van der Waals surface area contributed by atoms with Gasteiger partial charge in [0.1, 0.15) is 0 Å². The zero-order valence-electron chi connectivity index (χ0n) is 16.3. The third-order valence-corrected chi connectivity index (χ3v) is 5.50. The van der Waals surface area contributed by atoms with Gasteiger partial charge in [0.25, 0.3) is 0 Å². The Bertz CT molecular complexity index is 831. The first-order valence-electron chi connectivity index (χ1n) is 9.18. The highest BCUT2D eigenvalue weighted by molar-refractivity contribution is 7.90. The molecule has 0 spiro atoms. The Morgan fingerprint density at radius 1 is 1.00 bits per heavy atom. The summed E-state index contributed by atoms with van der Waals surface area (Å²) in [7, 11) is -1.38. The Hall–Kier alpha value is -2.34. The molecule has 5 nitrogen and oxygen atoms in total. The Kier molecular flexibility index (Phi) is 7.85. The number of nitrogens with zero attached hydrogens (tertiary/aromatic N) is 1. The zero-order chi connectivity index (χ0) is 19.7. The van der Waals surface area contributed by atoms with Crippen molar-refractivity contribution in [2.75, 3.05) is 19.8 Å². The summed E-state index contributed by atoms with van der Waals surface area (Å²) in [5.41, 5.74) is 2.43. The highest BCUT2D eigenvalue weighted by Crippen LogP contribution is 2.10. The molecule has 0 amide bonds. The van der Waals surface area contributed by atoms with Gasteiger partial charge >= 0.3 is 0 Å². The van der Waals surface area contributed by atoms with E-state index < -0.39 is 9.84 Å². The summed E-state index contributed by atoms with van der Waals surface area (Å²) in [6.07, 6.45) is 4.07. The van der Waals surface area contributed by atoms with Crippen molar-refractivity contribution in [3.63, 3.8) is 0 Å². The second-order valence-corrected chi connectivity index (χ2v) is 8.75. The molecule has 0 aliphatic heterocycles. The van der Waals surface area contributed by atoms with E-state index in [-0.39, 0.29) is 0 Å². The highest BCUT2D eigenvalue weighted by atomic mass is 32.2. The molecular weight excluding hydrogens is 358 g/mol. The summed E-state index contributed by atoms with van der Waals surface area (Å²) in [4.78, 5) is 4.63. The Morgan fingerprint density at radius 3 is 2.22 bits per heavy atom. The lowest BCUT2D eigenvalue weighted by molar-refractivity contribution is 0.593. The molecule has 0 bridgehead atoms. The predicted molar refractivity (Wildman–Crippen MR) is 112 cm³/mol. The summed E-state index contributed by atoms with van der Waals surface area (Å²) >= 11 is 0. The molecule has 0 saturated carbocycles. The van der Waals surface area contributed by atoms with E-state index in [1.807, 2.05) is 18.2 Å². The van der Waals surface area contributed by atoms with Crippen LogP contribution in [0.1, 0.15) is 24.5 Å². The van der Waals surface area contributed by atoms with E-state index in [2.05, 4.69) is 46.8 Å². The zero-order valence-corrected chi connectivity index (χ0v) is 17.1. The Balaban J connectivity index is 1.75. The summed E-state index contributed by atoms with van der Waals surface area (Å²) < 4.78 is 23.0. The van der Waals surface area contributed by atoms with Gasteiger partial charge in [0.05, 0.1) is 4.90 Å². The van der Waals surface area contributed by atoms with Gasteiger partial charge in [-0.1, -0.05) is 42.5 Å². The van der Waals surface area contributed by atoms with Gasteiger partial charge in [0.15, 0.2) is 15.8 Å². The number of nitrogens with one attached hydrogen (secondary N) is 2. The van der Waals surface area contributed by atoms with Crippen LogP contribution in [-0.4, -0.2) is 40.3 Å². The first-order chi connectivity index (χ1) is 12.9. The van der Waals surface area contributed by atoms with Crippen molar-refractivity contribution >= 4 is 15.8 Å². The number of aliphatic imine (C=N–C) groups is 1. The van der Waals surface area contributed by atoms with E-state index >= 15 is 0 Å². The number of rotatable bonds is 8. The van der Waals surface area contributed by atoms with Crippen LogP contribution in [0.25, 0.3) is 0 Å². The molecule has 146 valence electrons. The van der Waals surface area contributed by atoms with Crippen molar-refractivity contribution in [3.8, 4) is 0 Å². The molecule has 0 saturated heterocycles. The Labute approximate surface area is 162 Å². The quantitative estimate of drug-likeness (QED) is 0.540. The van der Waals surface area contributed by atoms with Gasteiger partial charge in [-0.05, 0) is 49.4 Å². The molecule has 1 unspecified atom stereocenters. The van der Waals surface area contributed by atoms with Gasteiger partial charge in [-0.3, -0.25) is 4.99 Å². The van der Waals surface area contributed by atoms with Gasteiger partial charge in [-0.2, -0.15) is 0 Å². The van der Waals surface area contributed by atoms with Crippen LogP contribution in [0.5, 0.6) is 0 Å².